The second kappa shape index (κ2) is 7.19. The van der Waals surface area contributed by atoms with Crippen molar-refractivity contribution in [2.24, 2.45) is 5.73 Å². The normalized spacial score (nSPS) is 10.9. The van der Waals surface area contributed by atoms with Crippen molar-refractivity contribution in [2.45, 2.75) is 6.54 Å². The Bertz CT molecular complexity index is 1190. The second-order valence-electron chi connectivity index (χ2n) is 5.93. The van der Waals surface area contributed by atoms with Crippen LogP contribution >= 0.6 is 11.6 Å². The Morgan fingerprint density at radius 1 is 1.00 bits per heavy atom. The predicted molar refractivity (Wildman–Crippen MR) is 105 cm³/mol. The fourth-order valence-electron chi connectivity index (χ4n) is 2.85. The van der Waals surface area contributed by atoms with Gasteiger partial charge in [-0.15, -0.1) is 0 Å². The predicted octanol–water partition coefficient (Wildman–Crippen LogP) is 3.89. The summed E-state index contributed by atoms with van der Waals surface area (Å²) in [4.78, 5) is 16.2. The van der Waals surface area contributed by atoms with Crippen molar-refractivity contribution in [1.29, 1.82) is 0 Å². The number of halogens is 1. The fraction of sp³-hybridized carbons (Fsp3) is 0.0500. The molecule has 0 saturated heterocycles. The van der Waals surface area contributed by atoms with Gasteiger partial charge in [-0.05, 0) is 42.0 Å². The number of pyridine rings is 1. The molecular weight excluding hydrogens is 364 g/mol. The number of fused-ring (bicyclic) bond motifs is 1. The lowest BCUT2D eigenvalue weighted by Crippen LogP contribution is -2.13. The van der Waals surface area contributed by atoms with Gasteiger partial charge in [0.2, 0.25) is 0 Å². The molecule has 27 heavy (non-hydrogen) atoms. The highest BCUT2D eigenvalue weighted by Crippen LogP contribution is 2.29. The van der Waals surface area contributed by atoms with E-state index in [-0.39, 0.29) is 12.1 Å². The molecule has 2 aromatic heterocycles. The van der Waals surface area contributed by atoms with Gasteiger partial charge in [-0.25, -0.2) is 5.10 Å². The molecule has 0 saturated carbocycles. The Morgan fingerprint density at radius 2 is 1.89 bits per heavy atom. The van der Waals surface area contributed by atoms with Crippen molar-refractivity contribution in [3.63, 3.8) is 0 Å². The lowest BCUT2D eigenvalue weighted by molar-refractivity contribution is 0.480. The summed E-state index contributed by atoms with van der Waals surface area (Å²) in [7, 11) is 0. The van der Waals surface area contributed by atoms with Gasteiger partial charge >= 0.3 is 0 Å². The van der Waals surface area contributed by atoms with E-state index in [0.29, 0.717) is 27.6 Å². The standard InChI is InChI=1S/C20H15ClN4O2/c21-14-2-1-3-15(8-14)27-16-6-13(10-23-11-16)12-4-5-17-18(7-12)19(9-22)24-25-20(17)26/h1-8,10-11H,9,22H2,(H,25,26). The van der Waals surface area contributed by atoms with Crippen LogP contribution in [0.4, 0.5) is 0 Å². The summed E-state index contributed by atoms with van der Waals surface area (Å²) in [6.07, 6.45) is 3.36. The first-order chi connectivity index (χ1) is 13.1. The van der Waals surface area contributed by atoms with Crippen molar-refractivity contribution in [2.75, 3.05) is 0 Å². The maximum absolute atomic E-state index is 12.0. The van der Waals surface area contributed by atoms with Crippen LogP contribution in [-0.2, 0) is 6.54 Å². The SMILES string of the molecule is NCc1n[nH]c(=O)c2ccc(-c3cncc(Oc4cccc(Cl)c4)c3)cc12. The molecule has 7 heteroatoms. The molecule has 0 aliphatic heterocycles. The first kappa shape index (κ1) is 17.2. The van der Waals surface area contributed by atoms with Gasteiger partial charge in [0.25, 0.3) is 5.56 Å². The van der Waals surface area contributed by atoms with E-state index in [0.717, 1.165) is 16.5 Å². The molecule has 0 spiro atoms. The van der Waals surface area contributed by atoms with Gasteiger partial charge in [0.15, 0.2) is 0 Å². The Hall–Kier alpha value is -3.22. The summed E-state index contributed by atoms with van der Waals surface area (Å²) >= 11 is 6.00. The van der Waals surface area contributed by atoms with Crippen LogP contribution in [0.15, 0.2) is 65.7 Å². The maximum Gasteiger partial charge on any atom is 0.272 e. The van der Waals surface area contributed by atoms with E-state index in [9.17, 15) is 4.79 Å². The van der Waals surface area contributed by atoms with Crippen molar-refractivity contribution in [3.8, 4) is 22.6 Å². The second-order valence-corrected chi connectivity index (χ2v) is 6.37. The number of ether oxygens (including phenoxy) is 1. The monoisotopic (exact) mass is 378 g/mol. The number of hydrogen-bond donors (Lipinski definition) is 2. The topological polar surface area (TPSA) is 93.9 Å². The zero-order chi connectivity index (χ0) is 18.8. The van der Waals surface area contributed by atoms with Crippen LogP contribution in [-0.4, -0.2) is 15.2 Å². The van der Waals surface area contributed by atoms with Crippen LogP contribution in [0, 0.1) is 0 Å². The van der Waals surface area contributed by atoms with Crippen LogP contribution in [0.3, 0.4) is 0 Å². The zero-order valence-electron chi connectivity index (χ0n) is 14.1. The average Bonchev–Trinajstić information content (AvgIpc) is 2.68. The quantitative estimate of drug-likeness (QED) is 0.561. The number of nitrogens with two attached hydrogens (primary N) is 1. The maximum atomic E-state index is 12.0. The summed E-state index contributed by atoms with van der Waals surface area (Å²) in [6, 6.07) is 14.5. The fourth-order valence-corrected chi connectivity index (χ4v) is 3.03. The highest BCUT2D eigenvalue weighted by Gasteiger charge is 2.09. The Kier molecular flexibility index (Phi) is 4.58. The van der Waals surface area contributed by atoms with E-state index < -0.39 is 0 Å². The molecule has 0 aliphatic rings. The molecule has 0 aliphatic carbocycles. The van der Waals surface area contributed by atoms with Crippen LogP contribution in [0.25, 0.3) is 21.9 Å². The first-order valence-electron chi connectivity index (χ1n) is 8.24. The Morgan fingerprint density at radius 3 is 2.70 bits per heavy atom. The van der Waals surface area contributed by atoms with Gasteiger partial charge in [-0.2, -0.15) is 5.10 Å². The number of aromatic amines is 1. The lowest BCUT2D eigenvalue weighted by Gasteiger charge is -2.09. The van der Waals surface area contributed by atoms with Crippen LogP contribution in [0.1, 0.15) is 5.69 Å². The summed E-state index contributed by atoms with van der Waals surface area (Å²) in [5.41, 5.74) is 7.86. The highest BCUT2D eigenvalue weighted by atomic mass is 35.5. The molecule has 0 bridgehead atoms. The molecule has 0 unspecified atom stereocenters. The van der Waals surface area contributed by atoms with Gasteiger partial charge < -0.3 is 10.5 Å². The minimum absolute atomic E-state index is 0.229. The van der Waals surface area contributed by atoms with Crippen molar-refractivity contribution >= 4 is 22.4 Å². The number of hydrogen-bond acceptors (Lipinski definition) is 5. The summed E-state index contributed by atoms with van der Waals surface area (Å²) in [5.74, 6) is 1.21. The smallest absolute Gasteiger partial charge is 0.272 e. The number of rotatable bonds is 4. The molecule has 134 valence electrons. The van der Waals surface area contributed by atoms with Gasteiger partial charge in [-0.3, -0.25) is 9.78 Å². The number of H-pyrrole nitrogens is 1. The third-order valence-corrected chi connectivity index (χ3v) is 4.37. The largest absolute Gasteiger partial charge is 0.456 e. The van der Waals surface area contributed by atoms with Crippen LogP contribution in [0.5, 0.6) is 11.5 Å². The first-order valence-corrected chi connectivity index (χ1v) is 8.62. The van der Waals surface area contributed by atoms with Crippen molar-refractivity contribution in [3.05, 3.63) is 82.0 Å². The molecule has 0 fully saturated rings. The van der Waals surface area contributed by atoms with Gasteiger partial charge in [-0.1, -0.05) is 23.7 Å². The minimum atomic E-state index is -0.245. The third kappa shape index (κ3) is 3.53. The van der Waals surface area contributed by atoms with E-state index in [1.54, 1.807) is 30.6 Å². The summed E-state index contributed by atoms with van der Waals surface area (Å²) in [5, 5.41) is 8.36. The number of nitrogens with zero attached hydrogens (tertiary/aromatic N) is 2. The number of nitrogens with one attached hydrogen (secondary N) is 1. The molecule has 4 aromatic rings. The van der Waals surface area contributed by atoms with E-state index in [4.69, 9.17) is 22.1 Å². The molecule has 6 nitrogen and oxygen atoms in total. The van der Waals surface area contributed by atoms with Gasteiger partial charge in [0.1, 0.15) is 11.5 Å². The van der Waals surface area contributed by atoms with E-state index in [1.165, 1.54) is 0 Å². The van der Waals surface area contributed by atoms with Crippen LogP contribution in [0.2, 0.25) is 5.02 Å². The molecule has 4 rings (SSSR count). The Labute approximate surface area is 159 Å². The van der Waals surface area contributed by atoms with Crippen molar-refractivity contribution < 1.29 is 4.74 Å². The van der Waals surface area contributed by atoms with E-state index in [2.05, 4.69) is 15.2 Å². The Balaban J connectivity index is 1.74. The lowest BCUT2D eigenvalue weighted by atomic mass is 10.0. The molecule has 3 N–H and O–H groups in total. The summed E-state index contributed by atoms with van der Waals surface area (Å²) < 4.78 is 5.84. The van der Waals surface area contributed by atoms with Crippen LogP contribution < -0.4 is 16.0 Å². The molecular formula is C20H15ClN4O2. The third-order valence-electron chi connectivity index (χ3n) is 4.14. The number of benzene rings is 2. The van der Waals surface area contributed by atoms with E-state index in [1.807, 2.05) is 30.3 Å². The molecule has 0 amide bonds. The van der Waals surface area contributed by atoms with Gasteiger partial charge in [0, 0.05) is 28.7 Å². The van der Waals surface area contributed by atoms with Gasteiger partial charge in [0.05, 0.1) is 17.3 Å². The molecule has 2 heterocycles. The molecule has 0 radical (unpaired) electrons. The highest BCUT2D eigenvalue weighted by molar-refractivity contribution is 6.30. The summed E-state index contributed by atoms with van der Waals surface area (Å²) in [6.45, 7) is 0.229. The number of aromatic nitrogens is 3. The molecule has 2 aromatic carbocycles. The minimum Gasteiger partial charge on any atom is -0.456 e. The zero-order valence-corrected chi connectivity index (χ0v) is 14.9. The molecule has 0 atom stereocenters. The average molecular weight is 379 g/mol. The van der Waals surface area contributed by atoms with E-state index >= 15 is 0 Å². The van der Waals surface area contributed by atoms with Crippen molar-refractivity contribution in [1.82, 2.24) is 15.2 Å².